The topological polar surface area (TPSA) is 88.4 Å². The maximum atomic E-state index is 12.5. The number of methoxy groups -OCH3 is 1. The number of benzene rings is 3. The molecule has 6 nitrogen and oxygen atoms in total. The molecule has 33 heavy (non-hydrogen) atoms. The fourth-order valence-corrected chi connectivity index (χ4v) is 3.19. The number of carbonyl (C=O) groups excluding carboxylic acids is 2. The second-order valence-electron chi connectivity index (χ2n) is 6.56. The molecule has 0 saturated carbocycles. The second kappa shape index (κ2) is 10.9. The van der Waals surface area contributed by atoms with Crippen molar-refractivity contribution in [3.05, 3.63) is 92.4 Å². The predicted octanol–water partition coefficient (Wildman–Crippen LogP) is 6.42. The van der Waals surface area contributed by atoms with Crippen LogP contribution in [0.3, 0.4) is 0 Å². The van der Waals surface area contributed by atoms with E-state index in [0.717, 1.165) is 0 Å². The first kappa shape index (κ1) is 24.1. The zero-order chi connectivity index (χ0) is 24.0. The lowest BCUT2D eigenvalue weighted by Gasteiger charge is -2.08. The third-order valence-corrected chi connectivity index (χ3v) is 5.37. The number of carbonyl (C=O) groups is 2. The van der Waals surface area contributed by atoms with E-state index in [0.29, 0.717) is 27.6 Å². The lowest BCUT2D eigenvalue weighted by atomic mass is 10.1. The van der Waals surface area contributed by atoms with Crippen molar-refractivity contribution < 1.29 is 19.1 Å². The van der Waals surface area contributed by atoms with Crippen molar-refractivity contribution in [2.45, 2.75) is 0 Å². The van der Waals surface area contributed by atoms with Crippen LogP contribution in [0, 0.1) is 11.3 Å². The molecule has 3 aromatic rings. The zero-order valence-electron chi connectivity index (χ0n) is 17.1. The van der Waals surface area contributed by atoms with Gasteiger partial charge in [-0.25, -0.2) is 4.79 Å². The van der Waals surface area contributed by atoms with Gasteiger partial charge in [0, 0.05) is 5.69 Å². The molecule has 0 aliphatic rings. The maximum absolute atomic E-state index is 12.5. The molecule has 166 valence electrons. The first-order chi connectivity index (χ1) is 15.8. The molecule has 0 unspecified atom stereocenters. The highest BCUT2D eigenvalue weighted by Gasteiger charge is 2.14. The van der Waals surface area contributed by atoms with E-state index in [9.17, 15) is 14.9 Å². The highest BCUT2D eigenvalue weighted by Crippen LogP contribution is 2.28. The van der Waals surface area contributed by atoms with Gasteiger partial charge in [-0.2, -0.15) is 5.26 Å². The van der Waals surface area contributed by atoms with Gasteiger partial charge in [0.05, 0.1) is 27.7 Å². The summed E-state index contributed by atoms with van der Waals surface area (Å²) in [6.45, 7) is 0. The Bertz CT molecular complexity index is 1280. The number of rotatable bonds is 6. The van der Waals surface area contributed by atoms with Crippen molar-refractivity contribution in [3.63, 3.8) is 0 Å². The van der Waals surface area contributed by atoms with E-state index in [1.165, 1.54) is 37.5 Å². The van der Waals surface area contributed by atoms with Crippen LogP contribution in [0.5, 0.6) is 11.5 Å². The number of nitriles is 1. The Morgan fingerprint density at radius 2 is 1.67 bits per heavy atom. The number of hydrogen-bond acceptors (Lipinski definition) is 5. The minimum Gasteiger partial charge on any atom is -0.497 e. The molecule has 0 bridgehead atoms. The monoisotopic (exact) mass is 500 g/mol. The van der Waals surface area contributed by atoms with Gasteiger partial charge in [-0.1, -0.05) is 40.9 Å². The summed E-state index contributed by atoms with van der Waals surface area (Å²) in [6.07, 6.45) is 1.35. The van der Waals surface area contributed by atoms with Crippen molar-refractivity contribution in [2.75, 3.05) is 12.4 Å². The fourth-order valence-electron chi connectivity index (χ4n) is 2.66. The summed E-state index contributed by atoms with van der Waals surface area (Å²) < 4.78 is 10.4. The molecule has 0 spiro atoms. The molecule has 0 aliphatic heterocycles. The normalized spacial score (nSPS) is 10.8. The number of anilines is 1. The van der Waals surface area contributed by atoms with Crippen molar-refractivity contribution in [1.82, 2.24) is 0 Å². The van der Waals surface area contributed by atoms with Gasteiger partial charge < -0.3 is 14.8 Å². The molecular formula is C24H15Cl3N2O4. The minimum absolute atomic E-state index is 0.132. The number of hydrogen-bond donors (Lipinski definition) is 1. The standard InChI is InChI=1S/C24H15Cl3N2O4/c1-32-18-6-3-15(4-7-18)24(31)33-22-9-2-14(11-21(22)27)10-16(13-28)23(30)29-17-5-8-19(25)20(26)12-17/h2-12H,1H3,(H,29,30)/b16-10+. The Balaban J connectivity index is 1.74. The number of esters is 1. The van der Waals surface area contributed by atoms with Gasteiger partial charge in [0.25, 0.3) is 5.91 Å². The van der Waals surface area contributed by atoms with E-state index in [2.05, 4.69) is 5.32 Å². The van der Waals surface area contributed by atoms with Gasteiger partial charge in [0.1, 0.15) is 23.1 Å². The van der Waals surface area contributed by atoms with Gasteiger partial charge in [-0.3, -0.25) is 4.79 Å². The van der Waals surface area contributed by atoms with E-state index in [4.69, 9.17) is 44.3 Å². The van der Waals surface area contributed by atoms with Crippen molar-refractivity contribution in [2.24, 2.45) is 0 Å². The van der Waals surface area contributed by atoms with E-state index >= 15 is 0 Å². The van der Waals surface area contributed by atoms with Crippen LogP contribution < -0.4 is 14.8 Å². The number of halogens is 3. The minimum atomic E-state index is -0.637. The van der Waals surface area contributed by atoms with Crippen LogP contribution in [0.4, 0.5) is 5.69 Å². The molecule has 0 saturated heterocycles. The lowest BCUT2D eigenvalue weighted by molar-refractivity contribution is -0.112. The first-order valence-electron chi connectivity index (χ1n) is 9.34. The SMILES string of the molecule is COc1ccc(C(=O)Oc2ccc(/C=C(\C#N)C(=O)Nc3ccc(Cl)c(Cl)c3)cc2Cl)cc1. The Labute approximate surface area is 204 Å². The van der Waals surface area contributed by atoms with Crippen molar-refractivity contribution in [1.29, 1.82) is 5.26 Å². The highest BCUT2D eigenvalue weighted by atomic mass is 35.5. The molecule has 0 heterocycles. The Hall–Kier alpha value is -3.50. The summed E-state index contributed by atoms with van der Waals surface area (Å²) in [7, 11) is 1.53. The van der Waals surface area contributed by atoms with Crippen LogP contribution in [0.2, 0.25) is 15.1 Å². The quantitative estimate of drug-likeness (QED) is 0.182. The van der Waals surface area contributed by atoms with E-state index in [1.54, 1.807) is 36.4 Å². The molecule has 0 radical (unpaired) electrons. The summed E-state index contributed by atoms with van der Waals surface area (Å²) in [5, 5.41) is 12.7. The summed E-state index contributed by atoms with van der Waals surface area (Å²) in [5.74, 6) is -0.491. The Morgan fingerprint density at radius 3 is 2.27 bits per heavy atom. The molecule has 1 N–H and O–H groups in total. The van der Waals surface area contributed by atoms with Crippen LogP contribution in [-0.2, 0) is 4.79 Å². The maximum Gasteiger partial charge on any atom is 0.343 e. The van der Waals surface area contributed by atoms with E-state index in [1.807, 2.05) is 6.07 Å². The van der Waals surface area contributed by atoms with Crippen molar-refractivity contribution >= 4 is 58.4 Å². The first-order valence-corrected chi connectivity index (χ1v) is 10.5. The second-order valence-corrected chi connectivity index (χ2v) is 7.78. The van der Waals surface area contributed by atoms with Crippen molar-refractivity contribution in [3.8, 4) is 17.6 Å². The van der Waals surface area contributed by atoms with Crippen LogP contribution in [0.15, 0.2) is 66.2 Å². The zero-order valence-corrected chi connectivity index (χ0v) is 19.3. The summed E-state index contributed by atoms with van der Waals surface area (Å²) in [5.41, 5.74) is 1.00. The van der Waals surface area contributed by atoms with Gasteiger partial charge in [-0.05, 0) is 66.2 Å². The summed E-state index contributed by atoms with van der Waals surface area (Å²) in [4.78, 5) is 24.8. The summed E-state index contributed by atoms with van der Waals surface area (Å²) >= 11 is 18.0. The van der Waals surface area contributed by atoms with E-state index < -0.39 is 11.9 Å². The van der Waals surface area contributed by atoms with Gasteiger partial charge in [-0.15, -0.1) is 0 Å². The van der Waals surface area contributed by atoms with E-state index in [-0.39, 0.29) is 21.4 Å². The molecule has 9 heteroatoms. The number of nitrogens with zero attached hydrogens (tertiary/aromatic N) is 1. The molecule has 3 rings (SSSR count). The van der Waals surface area contributed by atoms with Gasteiger partial charge in [0.15, 0.2) is 0 Å². The number of ether oxygens (including phenoxy) is 2. The molecule has 1 amide bonds. The Morgan fingerprint density at radius 1 is 0.939 bits per heavy atom. The van der Waals surface area contributed by atoms with Gasteiger partial charge >= 0.3 is 5.97 Å². The van der Waals surface area contributed by atoms with Crippen LogP contribution in [0.1, 0.15) is 15.9 Å². The molecular weight excluding hydrogens is 487 g/mol. The molecule has 3 aromatic carbocycles. The predicted molar refractivity (Wildman–Crippen MR) is 128 cm³/mol. The molecule has 0 atom stereocenters. The lowest BCUT2D eigenvalue weighted by Crippen LogP contribution is -2.13. The average Bonchev–Trinajstić information content (AvgIpc) is 2.81. The smallest absolute Gasteiger partial charge is 0.343 e. The van der Waals surface area contributed by atoms with Gasteiger partial charge in [0.2, 0.25) is 0 Å². The molecule has 0 aliphatic carbocycles. The average molecular weight is 502 g/mol. The highest BCUT2D eigenvalue weighted by molar-refractivity contribution is 6.42. The number of nitrogens with one attached hydrogen (secondary N) is 1. The number of amides is 1. The fraction of sp³-hybridized carbons (Fsp3) is 0.0417. The largest absolute Gasteiger partial charge is 0.497 e. The third kappa shape index (κ3) is 6.27. The third-order valence-electron chi connectivity index (χ3n) is 4.34. The molecule has 0 aromatic heterocycles. The summed E-state index contributed by atoms with van der Waals surface area (Å²) in [6, 6.07) is 17.3. The van der Waals surface area contributed by atoms with Crippen LogP contribution >= 0.6 is 34.8 Å². The van der Waals surface area contributed by atoms with Crippen LogP contribution in [-0.4, -0.2) is 19.0 Å². The van der Waals surface area contributed by atoms with Crippen LogP contribution in [0.25, 0.3) is 6.08 Å². The molecule has 0 fully saturated rings. The Kier molecular flexibility index (Phi) is 7.96.